The summed E-state index contributed by atoms with van der Waals surface area (Å²) in [4.78, 5) is 24.6. The number of aliphatic hydroxyl groups excluding tert-OH is 1. The van der Waals surface area contributed by atoms with Crippen LogP contribution >= 0.6 is 23.2 Å². The van der Waals surface area contributed by atoms with Crippen LogP contribution in [0.2, 0.25) is 10.0 Å². The van der Waals surface area contributed by atoms with Gasteiger partial charge in [-0.25, -0.2) is 9.89 Å². The Labute approximate surface area is 122 Å². The molecule has 2 aromatic rings. The summed E-state index contributed by atoms with van der Waals surface area (Å²) in [6.07, 6.45) is -1.01. The summed E-state index contributed by atoms with van der Waals surface area (Å²) in [5, 5.41) is 18.6. The van der Waals surface area contributed by atoms with E-state index in [1.165, 1.54) is 6.07 Å². The van der Waals surface area contributed by atoms with Crippen LogP contribution in [0.3, 0.4) is 0 Å². The van der Waals surface area contributed by atoms with Crippen LogP contribution in [0.15, 0.2) is 23.0 Å². The molecule has 1 atom stereocenters. The third-order valence-corrected chi connectivity index (χ3v) is 3.06. The molecule has 9 heteroatoms. The third-order valence-electron chi connectivity index (χ3n) is 2.49. The van der Waals surface area contributed by atoms with E-state index in [1.807, 2.05) is 0 Å². The summed E-state index contributed by atoms with van der Waals surface area (Å²) in [5.41, 5.74) is -0.150. The SMILES string of the molecule is O=C(NCC(O)c1ccc(Cl)cc1Cl)c1n[nH]c(=O)[nH]1. The van der Waals surface area contributed by atoms with Gasteiger partial charge in [-0.1, -0.05) is 29.3 Å². The Morgan fingerprint density at radius 3 is 2.80 bits per heavy atom. The Bertz CT molecular complexity index is 682. The van der Waals surface area contributed by atoms with Crippen molar-refractivity contribution in [3.63, 3.8) is 0 Å². The number of nitrogens with one attached hydrogen (secondary N) is 3. The fourth-order valence-electron chi connectivity index (χ4n) is 1.53. The largest absolute Gasteiger partial charge is 0.387 e. The molecule has 4 N–H and O–H groups in total. The fourth-order valence-corrected chi connectivity index (χ4v) is 2.07. The molecule has 0 aliphatic rings. The van der Waals surface area contributed by atoms with Crippen molar-refractivity contribution in [1.29, 1.82) is 0 Å². The first-order valence-corrected chi connectivity index (χ1v) is 6.29. The van der Waals surface area contributed by atoms with Gasteiger partial charge in [-0.2, -0.15) is 0 Å². The Kier molecular flexibility index (Phi) is 4.43. The van der Waals surface area contributed by atoms with Gasteiger partial charge in [0.15, 0.2) is 0 Å². The first-order valence-electron chi connectivity index (χ1n) is 5.53. The molecule has 0 saturated carbocycles. The average molecular weight is 317 g/mol. The number of hydrogen-bond donors (Lipinski definition) is 4. The molecule has 20 heavy (non-hydrogen) atoms. The van der Waals surface area contributed by atoms with E-state index in [1.54, 1.807) is 12.1 Å². The topological polar surface area (TPSA) is 111 Å². The zero-order valence-electron chi connectivity index (χ0n) is 9.98. The lowest BCUT2D eigenvalue weighted by molar-refractivity contribution is 0.0906. The van der Waals surface area contributed by atoms with E-state index in [0.717, 1.165) is 0 Å². The summed E-state index contributed by atoms with van der Waals surface area (Å²) < 4.78 is 0. The molecular formula is C11H10Cl2N4O3. The molecule has 106 valence electrons. The van der Waals surface area contributed by atoms with Gasteiger partial charge in [0.2, 0.25) is 5.82 Å². The first kappa shape index (κ1) is 14.6. The zero-order valence-corrected chi connectivity index (χ0v) is 11.5. The number of rotatable bonds is 4. The summed E-state index contributed by atoms with van der Waals surface area (Å²) >= 11 is 11.7. The Morgan fingerprint density at radius 1 is 1.45 bits per heavy atom. The second-order valence-electron chi connectivity index (χ2n) is 3.92. The van der Waals surface area contributed by atoms with Crippen molar-refractivity contribution >= 4 is 29.1 Å². The van der Waals surface area contributed by atoms with E-state index < -0.39 is 17.7 Å². The number of halogens is 2. The molecule has 0 bridgehead atoms. The smallest absolute Gasteiger partial charge is 0.341 e. The quantitative estimate of drug-likeness (QED) is 0.670. The highest BCUT2D eigenvalue weighted by atomic mass is 35.5. The second-order valence-corrected chi connectivity index (χ2v) is 4.76. The summed E-state index contributed by atoms with van der Waals surface area (Å²) in [6, 6.07) is 4.64. The lowest BCUT2D eigenvalue weighted by Crippen LogP contribution is -2.29. The lowest BCUT2D eigenvalue weighted by atomic mass is 10.1. The molecule has 2 rings (SSSR count). The molecule has 1 unspecified atom stereocenters. The number of aliphatic hydroxyl groups is 1. The van der Waals surface area contributed by atoms with Crippen LogP contribution in [0.1, 0.15) is 22.3 Å². The number of hydrogen-bond acceptors (Lipinski definition) is 4. The maximum Gasteiger partial charge on any atom is 0.341 e. The van der Waals surface area contributed by atoms with Gasteiger partial charge in [0.1, 0.15) is 0 Å². The predicted octanol–water partition coefficient (Wildman–Crippen LogP) is 0.868. The van der Waals surface area contributed by atoms with Gasteiger partial charge in [0, 0.05) is 22.2 Å². The van der Waals surface area contributed by atoms with Gasteiger partial charge >= 0.3 is 5.69 Å². The highest BCUT2D eigenvalue weighted by Gasteiger charge is 2.15. The van der Waals surface area contributed by atoms with E-state index in [9.17, 15) is 14.7 Å². The van der Waals surface area contributed by atoms with Crippen molar-refractivity contribution in [3.8, 4) is 0 Å². The van der Waals surface area contributed by atoms with E-state index in [-0.39, 0.29) is 12.4 Å². The van der Waals surface area contributed by atoms with Gasteiger partial charge in [0.25, 0.3) is 5.91 Å². The minimum Gasteiger partial charge on any atom is -0.387 e. The molecule has 0 fully saturated rings. The van der Waals surface area contributed by atoms with Crippen LogP contribution in [0.4, 0.5) is 0 Å². The number of nitrogens with zero attached hydrogens (tertiary/aromatic N) is 1. The molecule has 1 aromatic heterocycles. The molecule has 0 aliphatic carbocycles. The molecule has 7 nitrogen and oxygen atoms in total. The Balaban J connectivity index is 2.00. The Hall–Kier alpha value is -1.83. The molecule has 1 aromatic carbocycles. The van der Waals surface area contributed by atoms with E-state index in [0.29, 0.717) is 15.6 Å². The van der Waals surface area contributed by atoms with Crippen molar-refractivity contribution in [3.05, 3.63) is 50.1 Å². The fraction of sp³-hybridized carbons (Fsp3) is 0.182. The average Bonchev–Trinajstić information content (AvgIpc) is 2.82. The molecular weight excluding hydrogens is 307 g/mol. The van der Waals surface area contributed by atoms with Crippen LogP contribution in [-0.2, 0) is 0 Å². The monoisotopic (exact) mass is 316 g/mol. The van der Waals surface area contributed by atoms with Gasteiger partial charge < -0.3 is 10.4 Å². The molecule has 0 aliphatic heterocycles. The number of aromatic amines is 2. The summed E-state index contributed by atoms with van der Waals surface area (Å²) in [5.74, 6) is -0.781. The Morgan fingerprint density at radius 2 is 2.20 bits per heavy atom. The summed E-state index contributed by atoms with van der Waals surface area (Å²) in [7, 11) is 0. The predicted molar refractivity (Wildman–Crippen MR) is 73.0 cm³/mol. The van der Waals surface area contributed by atoms with Crippen LogP contribution in [-0.4, -0.2) is 32.7 Å². The van der Waals surface area contributed by atoms with Crippen LogP contribution in [0.25, 0.3) is 0 Å². The minimum absolute atomic E-state index is 0.0882. The zero-order chi connectivity index (χ0) is 14.7. The van der Waals surface area contributed by atoms with Gasteiger partial charge in [-0.05, 0) is 12.1 Å². The number of carbonyl (C=O) groups is 1. The van der Waals surface area contributed by atoms with Gasteiger partial charge in [-0.3, -0.25) is 9.78 Å². The molecule has 1 amide bonds. The minimum atomic E-state index is -1.01. The maximum absolute atomic E-state index is 11.6. The highest BCUT2D eigenvalue weighted by Crippen LogP contribution is 2.25. The second kappa shape index (κ2) is 6.08. The highest BCUT2D eigenvalue weighted by molar-refractivity contribution is 6.35. The molecule has 1 heterocycles. The third kappa shape index (κ3) is 3.38. The van der Waals surface area contributed by atoms with Crippen LogP contribution < -0.4 is 11.0 Å². The van der Waals surface area contributed by atoms with Crippen molar-refractivity contribution < 1.29 is 9.90 Å². The first-order chi connectivity index (χ1) is 9.47. The standard InChI is InChI=1S/C11H10Cl2N4O3/c12-5-1-2-6(7(13)3-5)8(18)4-14-10(19)9-15-11(20)17-16-9/h1-3,8,18H,4H2,(H,14,19)(H2,15,16,17,20). The number of amides is 1. The molecule has 0 saturated heterocycles. The van der Waals surface area contributed by atoms with E-state index in [4.69, 9.17) is 23.2 Å². The number of benzene rings is 1. The van der Waals surface area contributed by atoms with Gasteiger partial charge in [0.05, 0.1) is 6.10 Å². The normalized spacial score (nSPS) is 12.2. The van der Waals surface area contributed by atoms with Crippen molar-refractivity contribution in [2.75, 3.05) is 6.54 Å². The van der Waals surface area contributed by atoms with E-state index >= 15 is 0 Å². The number of aromatic nitrogens is 3. The summed E-state index contributed by atoms with van der Waals surface area (Å²) in [6.45, 7) is -0.0882. The number of carbonyl (C=O) groups excluding carboxylic acids is 1. The van der Waals surface area contributed by atoms with Crippen LogP contribution in [0.5, 0.6) is 0 Å². The van der Waals surface area contributed by atoms with E-state index in [2.05, 4.69) is 20.5 Å². The maximum atomic E-state index is 11.6. The molecule has 0 radical (unpaired) electrons. The van der Waals surface area contributed by atoms with Crippen LogP contribution in [0, 0.1) is 0 Å². The van der Waals surface area contributed by atoms with Gasteiger partial charge in [-0.15, -0.1) is 5.10 Å². The van der Waals surface area contributed by atoms with Crippen molar-refractivity contribution in [2.45, 2.75) is 6.10 Å². The van der Waals surface area contributed by atoms with Crippen molar-refractivity contribution in [1.82, 2.24) is 20.5 Å². The molecule has 0 spiro atoms. The number of H-pyrrole nitrogens is 2. The van der Waals surface area contributed by atoms with Crippen molar-refractivity contribution in [2.24, 2.45) is 0 Å². The lowest BCUT2D eigenvalue weighted by Gasteiger charge is -2.13.